The lowest BCUT2D eigenvalue weighted by Gasteiger charge is -2.14. The molecule has 0 aliphatic heterocycles. The molecule has 0 fully saturated rings. The van der Waals surface area contributed by atoms with Crippen LogP contribution in [-0.2, 0) is 4.74 Å². The molecule has 0 saturated carbocycles. The van der Waals surface area contributed by atoms with Crippen LogP contribution in [-0.4, -0.2) is 47.7 Å². The van der Waals surface area contributed by atoms with Gasteiger partial charge in [0.05, 0.1) is 34.5 Å². The predicted molar refractivity (Wildman–Crippen MR) is 71.5 cm³/mol. The highest BCUT2D eigenvalue weighted by atomic mass is 16.5. The molecule has 0 amide bonds. The second-order valence-electron chi connectivity index (χ2n) is 3.61. The van der Waals surface area contributed by atoms with E-state index < -0.39 is 0 Å². The Balaban J connectivity index is 2.68. The molecule has 0 unspecified atom stereocenters. The van der Waals surface area contributed by atoms with E-state index in [2.05, 4.69) is 0 Å². The molecule has 0 atom stereocenters. The molecule has 0 aromatic heterocycles. The van der Waals surface area contributed by atoms with Crippen molar-refractivity contribution >= 4 is 0 Å². The molecule has 6 heteroatoms. The average molecular weight is 271 g/mol. The summed E-state index contributed by atoms with van der Waals surface area (Å²) in [5.74, 6) is 2.28. The van der Waals surface area contributed by atoms with Gasteiger partial charge in [-0.3, -0.25) is 0 Å². The van der Waals surface area contributed by atoms with Crippen LogP contribution in [0.4, 0.5) is 0 Å². The van der Waals surface area contributed by atoms with Gasteiger partial charge in [-0.1, -0.05) is 0 Å². The lowest BCUT2D eigenvalue weighted by atomic mass is 10.2. The van der Waals surface area contributed by atoms with Gasteiger partial charge in [0, 0.05) is 18.7 Å². The van der Waals surface area contributed by atoms with Crippen molar-refractivity contribution in [1.82, 2.24) is 0 Å². The highest BCUT2D eigenvalue weighted by molar-refractivity contribution is 5.55. The van der Waals surface area contributed by atoms with Gasteiger partial charge in [-0.05, 0) is 0 Å². The molecule has 2 N–H and O–H groups in total. The molecule has 0 aliphatic carbocycles. The maximum Gasteiger partial charge on any atom is 0.203 e. The maximum absolute atomic E-state index is 5.56. The van der Waals surface area contributed by atoms with E-state index in [9.17, 15) is 0 Å². The Bertz CT molecular complexity index is 358. The first-order chi connectivity index (χ1) is 9.26. The molecule has 0 spiro atoms. The average Bonchev–Trinajstić information content (AvgIpc) is 2.45. The minimum Gasteiger partial charge on any atom is -0.493 e. The third kappa shape index (κ3) is 4.50. The summed E-state index contributed by atoms with van der Waals surface area (Å²) in [4.78, 5) is 0. The standard InChI is InChI=1S/C13H21NO5/c1-15-11-8-10(19-7-6-18-5-4-14)9-12(16-2)13(11)17-3/h8-9H,4-7,14H2,1-3H3. The van der Waals surface area contributed by atoms with Crippen LogP contribution < -0.4 is 24.7 Å². The molecule has 0 radical (unpaired) electrons. The zero-order valence-corrected chi connectivity index (χ0v) is 11.6. The molecule has 108 valence electrons. The summed E-state index contributed by atoms with van der Waals surface area (Å²) < 4.78 is 26.5. The van der Waals surface area contributed by atoms with Crippen LogP contribution in [0.3, 0.4) is 0 Å². The lowest BCUT2D eigenvalue weighted by molar-refractivity contribution is 0.105. The summed E-state index contributed by atoms with van der Waals surface area (Å²) in [7, 11) is 4.68. The van der Waals surface area contributed by atoms with E-state index in [0.29, 0.717) is 49.4 Å². The molecular weight excluding hydrogens is 250 g/mol. The number of ether oxygens (including phenoxy) is 5. The Hall–Kier alpha value is -1.66. The summed E-state index contributed by atoms with van der Waals surface area (Å²) in [5.41, 5.74) is 5.32. The molecule has 19 heavy (non-hydrogen) atoms. The molecule has 0 aliphatic rings. The number of hydrogen-bond acceptors (Lipinski definition) is 6. The van der Waals surface area contributed by atoms with E-state index in [1.54, 1.807) is 33.5 Å². The van der Waals surface area contributed by atoms with Gasteiger partial charge in [-0.2, -0.15) is 0 Å². The van der Waals surface area contributed by atoms with Gasteiger partial charge in [0.1, 0.15) is 12.4 Å². The Kier molecular flexibility index (Phi) is 6.84. The van der Waals surface area contributed by atoms with Gasteiger partial charge in [-0.25, -0.2) is 0 Å². The molecular formula is C13H21NO5. The first kappa shape index (κ1) is 15.4. The maximum atomic E-state index is 5.56. The lowest BCUT2D eigenvalue weighted by Crippen LogP contribution is -2.13. The predicted octanol–water partition coefficient (Wildman–Crippen LogP) is 1.07. The number of benzene rings is 1. The normalized spacial score (nSPS) is 10.1. The summed E-state index contributed by atoms with van der Waals surface area (Å²) in [6.07, 6.45) is 0. The summed E-state index contributed by atoms with van der Waals surface area (Å²) >= 11 is 0. The number of nitrogens with two attached hydrogens (primary N) is 1. The van der Waals surface area contributed by atoms with Crippen LogP contribution in [0.5, 0.6) is 23.0 Å². The highest BCUT2D eigenvalue weighted by Crippen LogP contribution is 2.40. The van der Waals surface area contributed by atoms with Crippen molar-refractivity contribution in [2.45, 2.75) is 0 Å². The van der Waals surface area contributed by atoms with Gasteiger partial charge in [-0.15, -0.1) is 0 Å². The monoisotopic (exact) mass is 271 g/mol. The number of rotatable bonds is 9. The van der Waals surface area contributed by atoms with E-state index in [4.69, 9.17) is 29.4 Å². The van der Waals surface area contributed by atoms with Crippen LogP contribution in [0.25, 0.3) is 0 Å². The first-order valence-corrected chi connectivity index (χ1v) is 5.97. The Morgan fingerprint density at radius 2 is 1.53 bits per heavy atom. The zero-order chi connectivity index (χ0) is 14.1. The molecule has 0 heterocycles. The van der Waals surface area contributed by atoms with Crippen LogP contribution in [0.15, 0.2) is 12.1 Å². The van der Waals surface area contributed by atoms with Crippen LogP contribution in [0, 0.1) is 0 Å². The second kappa shape index (κ2) is 8.44. The molecule has 0 saturated heterocycles. The van der Waals surface area contributed by atoms with Gasteiger partial charge in [0.2, 0.25) is 5.75 Å². The van der Waals surface area contributed by atoms with Crippen molar-refractivity contribution in [2.75, 3.05) is 47.7 Å². The van der Waals surface area contributed by atoms with Crippen molar-refractivity contribution in [3.63, 3.8) is 0 Å². The van der Waals surface area contributed by atoms with Crippen molar-refractivity contribution in [1.29, 1.82) is 0 Å². The summed E-state index contributed by atoms with van der Waals surface area (Å²) in [5, 5.41) is 0. The van der Waals surface area contributed by atoms with Crippen LogP contribution in [0.1, 0.15) is 0 Å². The minimum absolute atomic E-state index is 0.429. The fraction of sp³-hybridized carbons (Fsp3) is 0.538. The Labute approximate surface area is 113 Å². The van der Waals surface area contributed by atoms with Crippen molar-refractivity contribution in [3.8, 4) is 23.0 Å². The topological polar surface area (TPSA) is 72.2 Å². The van der Waals surface area contributed by atoms with E-state index in [1.807, 2.05) is 0 Å². The first-order valence-electron chi connectivity index (χ1n) is 5.97. The zero-order valence-electron chi connectivity index (χ0n) is 11.6. The number of hydrogen-bond donors (Lipinski definition) is 1. The van der Waals surface area contributed by atoms with Crippen molar-refractivity contribution in [3.05, 3.63) is 12.1 Å². The van der Waals surface area contributed by atoms with Gasteiger partial charge in [0.15, 0.2) is 11.5 Å². The second-order valence-corrected chi connectivity index (χ2v) is 3.61. The van der Waals surface area contributed by atoms with Crippen LogP contribution in [0.2, 0.25) is 0 Å². The van der Waals surface area contributed by atoms with E-state index >= 15 is 0 Å². The van der Waals surface area contributed by atoms with Crippen molar-refractivity contribution in [2.24, 2.45) is 5.73 Å². The highest BCUT2D eigenvalue weighted by Gasteiger charge is 2.13. The Morgan fingerprint density at radius 1 is 0.895 bits per heavy atom. The van der Waals surface area contributed by atoms with E-state index in [1.165, 1.54) is 0 Å². The molecule has 6 nitrogen and oxygen atoms in total. The Morgan fingerprint density at radius 3 is 2.00 bits per heavy atom. The fourth-order valence-electron chi connectivity index (χ4n) is 1.54. The smallest absolute Gasteiger partial charge is 0.203 e. The molecule has 1 rings (SSSR count). The van der Waals surface area contributed by atoms with Gasteiger partial charge >= 0.3 is 0 Å². The molecule has 1 aromatic rings. The summed E-state index contributed by atoms with van der Waals surface area (Å²) in [6, 6.07) is 3.48. The minimum atomic E-state index is 0.429. The SMILES string of the molecule is COc1cc(OCCOCCN)cc(OC)c1OC. The van der Waals surface area contributed by atoms with E-state index in [0.717, 1.165) is 0 Å². The van der Waals surface area contributed by atoms with Gasteiger partial charge < -0.3 is 29.4 Å². The van der Waals surface area contributed by atoms with Crippen LogP contribution >= 0.6 is 0 Å². The van der Waals surface area contributed by atoms with Crippen molar-refractivity contribution < 1.29 is 23.7 Å². The van der Waals surface area contributed by atoms with E-state index in [-0.39, 0.29) is 0 Å². The largest absolute Gasteiger partial charge is 0.493 e. The third-order valence-corrected chi connectivity index (χ3v) is 2.40. The third-order valence-electron chi connectivity index (χ3n) is 2.40. The fourth-order valence-corrected chi connectivity index (χ4v) is 1.54. The quantitative estimate of drug-likeness (QED) is 0.677. The number of methoxy groups -OCH3 is 3. The molecule has 0 bridgehead atoms. The van der Waals surface area contributed by atoms with Gasteiger partial charge in [0.25, 0.3) is 0 Å². The summed E-state index contributed by atoms with van der Waals surface area (Å²) in [6.45, 7) is 1.94. The molecule has 1 aromatic carbocycles.